The summed E-state index contributed by atoms with van der Waals surface area (Å²) in [5, 5.41) is 0. The molecule has 1 fully saturated rings. The minimum absolute atomic E-state index is 0.0628. The zero-order valence-electron chi connectivity index (χ0n) is 13.5. The fourth-order valence-electron chi connectivity index (χ4n) is 2.68. The Kier molecular flexibility index (Phi) is 5.04. The number of hydrogen-bond acceptors (Lipinski definition) is 3. The number of alkyl halides is 3. The highest BCUT2D eigenvalue weighted by Gasteiger charge is 2.48. The second-order valence-corrected chi connectivity index (χ2v) is 7.06. The second-order valence-electron chi connectivity index (χ2n) is 6.23. The van der Waals surface area contributed by atoms with Crippen molar-refractivity contribution in [1.82, 2.24) is 4.90 Å². The second kappa shape index (κ2) is 6.55. The lowest BCUT2D eigenvalue weighted by molar-refractivity contribution is -0.137. The molecule has 0 aliphatic carbocycles. The Labute approximate surface area is 142 Å². The number of halogens is 3. The molecular weight excluding hydrogens is 341 g/mol. The molecule has 0 saturated carbocycles. The largest absolute Gasteiger partial charge is 0.480 e. The molecule has 8 heteroatoms. The van der Waals surface area contributed by atoms with Crippen LogP contribution in [0.5, 0.6) is 5.75 Å². The summed E-state index contributed by atoms with van der Waals surface area (Å²) in [5.74, 6) is 0.205. The third-order valence-corrected chi connectivity index (χ3v) is 4.35. The van der Waals surface area contributed by atoms with Crippen molar-refractivity contribution in [2.75, 3.05) is 18.7 Å². The third kappa shape index (κ3) is 3.61. The van der Waals surface area contributed by atoms with Gasteiger partial charge in [-0.3, -0.25) is 4.79 Å². The Morgan fingerprint density at radius 1 is 1.46 bits per heavy atom. The molecule has 1 unspecified atom stereocenters. The number of rotatable bonds is 4. The molecule has 0 radical (unpaired) electrons. The highest BCUT2D eigenvalue weighted by Crippen LogP contribution is 2.40. The zero-order valence-corrected chi connectivity index (χ0v) is 14.3. The first-order valence-electron chi connectivity index (χ1n) is 7.13. The number of carbonyl (C=O) groups excluding carboxylic acids is 1. The van der Waals surface area contributed by atoms with Crippen LogP contribution in [-0.2, 0) is 11.0 Å². The molecule has 1 aliphatic heterocycles. The van der Waals surface area contributed by atoms with E-state index in [1.807, 2.05) is 20.1 Å². The van der Waals surface area contributed by atoms with Crippen LogP contribution >= 0.6 is 11.8 Å². The molecule has 1 aromatic carbocycles. The van der Waals surface area contributed by atoms with E-state index in [2.05, 4.69) is 4.85 Å². The van der Waals surface area contributed by atoms with Crippen LogP contribution in [0.25, 0.3) is 4.85 Å². The van der Waals surface area contributed by atoms with Gasteiger partial charge in [0.1, 0.15) is 5.75 Å². The first-order chi connectivity index (χ1) is 11.1. The Balaban J connectivity index is 2.31. The lowest BCUT2D eigenvalue weighted by Gasteiger charge is -2.24. The van der Waals surface area contributed by atoms with Crippen LogP contribution in [-0.4, -0.2) is 35.6 Å². The van der Waals surface area contributed by atoms with Gasteiger partial charge in [-0.2, -0.15) is 13.2 Å². The average molecular weight is 358 g/mol. The van der Waals surface area contributed by atoms with E-state index in [4.69, 9.17) is 11.3 Å². The molecular formula is C16H17F3N2O2S. The van der Waals surface area contributed by atoms with E-state index in [0.29, 0.717) is 12.4 Å². The number of ether oxygens (including phenoxy) is 1. The van der Waals surface area contributed by atoms with Gasteiger partial charge >= 0.3 is 6.18 Å². The molecule has 0 N–H and O–H groups in total. The molecule has 0 bridgehead atoms. The SMILES string of the molecule is [C-]#[N+]c1ccc(OC2C(=O)N(CSC)CC2(C)C)cc1C(F)(F)F. The predicted molar refractivity (Wildman–Crippen MR) is 86.0 cm³/mol. The van der Waals surface area contributed by atoms with E-state index in [-0.39, 0.29) is 11.7 Å². The molecule has 24 heavy (non-hydrogen) atoms. The smallest absolute Gasteiger partial charge is 0.407 e. The van der Waals surface area contributed by atoms with Crippen LogP contribution in [0.3, 0.4) is 0 Å². The summed E-state index contributed by atoms with van der Waals surface area (Å²) in [6.45, 7) is 11.0. The van der Waals surface area contributed by atoms with Gasteiger partial charge in [-0.15, -0.1) is 11.8 Å². The molecule has 0 spiro atoms. The summed E-state index contributed by atoms with van der Waals surface area (Å²) in [6.07, 6.45) is -3.64. The Bertz CT molecular complexity index is 683. The summed E-state index contributed by atoms with van der Waals surface area (Å²) in [6, 6.07) is 3.15. The van der Waals surface area contributed by atoms with Crippen molar-refractivity contribution in [3.63, 3.8) is 0 Å². The fourth-order valence-corrected chi connectivity index (χ4v) is 3.21. The van der Waals surface area contributed by atoms with E-state index in [1.165, 1.54) is 17.8 Å². The van der Waals surface area contributed by atoms with Gasteiger partial charge in [-0.05, 0) is 18.4 Å². The van der Waals surface area contributed by atoms with Crippen molar-refractivity contribution in [2.24, 2.45) is 5.41 Å². The number of benzene rings is 1. The number of thioether (sulfide) groups is 1. The number of hydrogen-bond donors (Lipinski definition) is 0. The van der Waals surface area contributed by atoms with Crippen molar-refractivity contribution < 1.29 is 22.7 Å². The molecule has 0 aromatic heterocycles. The van der Waals surface area contributed by atoms with Gasteiger partial charge in [0.15, 0.2) is 11.8 Å². The van der Waals surface area contributed by atoms with Crippen LogP contribution in [0.1, 0.15) is 19.4 Å². The molecule has 4 nitrogen and oxygen atoms in total. The van der Waals surface area contributed by atoms with Crippen LogP contribution < -0.4 is 4.74 Å². The quantitative estimate of drug-likeness (QED) is 0.757. The zero-order chi connectivity index (χ0) is 18.1. The molecule has 130 valence electrons. The van der Waals surface area contributed by atoms with Gasteiger partial charge in [-0.25, -0.2) is 4.85 Å². The third-order valence-electron chi connectivity index (χ3n) is 3.78. The molecule has 1 aromatic rings. The Morgan fingerprint density at radius 3 is 2.67 bits per heavy atom. The van der Waals surface area contributed by atoms with Crippen molar-refractivity contribution in [3.05, 3.63) is 35.2 Å². The van der Waals surface area contributed by atoms with E-state index < -0.39 is 28.9 Å². The predicted octanol–water partition coefficient (Wildman–Crippen LogP) is 4.19. The fraction of sp³-hybridized carbons (Fsp3) is 0.500. The van der Waals surface area contributed by atoms with Gasteiger partial charge in [-0.1, -0.05) is 19.9 Å². The van der Waals surface area contributed by atoms with E-state index in [0.717, 1.165) is 12.1 Å². The molecule has 1 atom stereocenters. The van der Waals surface area contributed by atoms with E-state index in [9.17, 15) is 18.0 Å². The van der Waals surface area contributed by atoms with E-state index >= 15 is 0 Å². The van der Waals surface area contributed by atoms with Crippen LogP contribution in [0.15, 0.2) is 18.2 Å². The van der Waals surface area contributed by atoms with Gasteiger partial charge in [0, 0.05) is 12.0 Å². The molecule has 1 heterocycles. The summed E-state index contributed by atoms with van der Waals surface area (Å²) in [4.78, 5) is 17.0. The Hall–Kier alpha value is -1.88. The summed E-state index contributed by atoms with van der Waals surface area (Å²) in [5.41, 5.74) is -2.07. The van der Waals surface area contributed by atoms with Crippen LogP contribution in [0.2, 0.25) is 0 Å². The minimum atomic E-state index is -4.65. The number of carbonyl (C=O) groups is 1. The van der Waals surface area contributed by atoms with Gasteiger partial charge in [0.05, 0.1) is 18.0 Å². The van der Waals surface area contributed by atoms with Crippen molar-refractivity contribution in [1.29, 1.82) is 0 Å². The lowest BCUT2D eigenvalue weighted by atomic mass is 9.89. The van der Waals surface area contributed by atoms with Gasteiger partial charge in [0.25, 0.3) is 5.91 Å². The summed E-state index contributed by atoms with van der Waals surface area (Å²) >= 11 is 1.49. The van der Waals surface area contributed by atoms with Crippen LogP contribution in [0, 0.1) is 12.0 Å². The highest BCUT2D eigenvalue weighted by atomic mass is 32.2. The Morgan fingerprint density at radius 2 is 2.12 bits per heavy atom. The maximum atomic E-state index is 13.0. The monoisotopic (exact) mass is 358 g/mol. The number of amides is 1. The maximum Gasteiger partial charge on any atom is 0.407 e. The topological polar surface area (TPSA) is 33.9 Å². The summed E-state index contributed by atoms with van der Waals surface area (Å²) in [7, 11) is 0. The molecule has 1 aliphatic rings. The standard InChI is InChI=1S/C16H17F3N2O2S/c1-15(2)8-21(9-24-4)14(22)13(15)23-10-5-6-12(20-3)11(7-10)16(17,18)19/h5-7,13H,8-9H2,1-2,4H3. The van der Waals surface area contributed by atoms with Gasteiger partial charge < -0.3 is 9.64 Å². The minimum Gasteiger partial charge on any atom is -0.480 e. The lowest BCUT2D eigenvalue weighted by Crippen LogP contribution is -2.36. The molecule has 2 rings (SSSR count). The first-order valence-corrected chi connectivity index (χ1v) is 8.52. The van der Waals surface area contributed by atoms with Gasteiger partial charge in [0.2, 0.25) is 0 Å². The number of nitrogens with zero attached hydrogens (tertiary/aromatic N) is 2. The number of likely N-dealkylation sites (tertiary alicyclic amines) is 1. The maximum absolute atomic E-state index is 13.0. The van der Waals surface area contributed by atoms with E-state index in [1.54, 1.807) is 4.90 Å². The van der Waals surface area contributed by atoms with Crippen molar-refractivity contribution in [2.45, 2.75) is 26.1 Å². The van der Waals surface area contributed by atoms with Crippen molar-refractivity contribution in [3.8, 4) is 5.75 Å². The highest BCUT2D eigenvalue weighted by molar-refractivity contribution is 7.98. The van der Waals surface area contributed by atoms with Crippen LogP contribution in [0.4, 0.5) is 18.9 Å². The molecule has 1 saturated heterocycles. The first kappa shape index (κ1) is 18.5. The summed E-state index contributed by atoms with van der Waals surface area (Å²) < 4.78 is 44.7. The average Bonchev–Trinajstić information content (AvgIpc) is 2.70. The molecule has 1 amide bonds. The normalized spacial score (nSPS) is 20.1. The van der Waals surface area contributed by atoms with Crippen molar-refractivity contribution >= 4 is 23.4 Å².